The monoisotopic (exact) mass is 521 g/mol. The van der Waals surface area contributed by atoms with Gasteiger partial charge in [-0.15, -0.1) is 0 Å². The molecule has 0 radical (unpaired) electrons. The standard InChI is InChI=1S/C22H36NO11P/c1-7-22(5,6)34-35(29,30)31-11-12-8-9-14(13(10-12)23-21(2,3)4)32-20-17(26)15(24)16(25)18(33-20)19(27)28/h8-10,15-18,20,23-26H,7,11H2,1-6H3,(H,27,28)(H,29,30). The molecule has 1 aliphatic rings. The minimum Gasteiger partial charge on any atom is -0.479 e. The highest BCUT2D eigenvalue weighted by molar-refractivity contribution is 7.47. The molecule has 2 rings (SSSR count). The third-order valence-electron chi connectivity index (χ3n) is 5.22. The molecule has 12 nitrogen and oxygen atoms in total. The van der Waals surface area contributed by atoms with E-state index in [1.807, 2.05) is 27.7 Å². The Morgan fingerprint density at radius 2 is 1.74 bits per heavy atom. The summed E-state index contributed by atoms with van der Waals surface area (Å²) in [7, 11) is -4.34. The van der Waals surface area contributed by atoms with E-state index in [9.17, 15) is 34.7 Å². The summed E-state index contributed by atoms with van der Waals surface area (Å²) >= 11 is 0. The van der Waals surface area contributed by atoms with Crippen LogP contribution in [0.4, 0.5) is 5.69 Å². The number of hydrogen-bond acceptors (Lipinski definition) is 10. The summed E-state index contributed by atoms with van der Waals surface area (Å²) in [6.45, 7) is 10.5. The Kier molecular flexibility index (Phi) is 9.35. The fraction of sp³-hybridized carbons (Fsp3) is 0.682. The number of hydrogen-bond donors (Lipinski definition) is 6. The lowest BCUT2D eigenvalue weighted by molar-refractivity contribution is -0.271. The van der Waals surface area contributed by atoms with Gasteiger partial charge in [-0.1, -0.05) is 13.0 Å². The van der Waals surface area contributed by atoms with Gasteiger partial charge in [0.25, 0.3) is 0 Å². The minimum atomic E-state index is -4.34. The Hall–Kier alpha value is -1.76. The van der Waals surface area contributed by atoms with Crippen LogP contribution in [0, 0.1) is 0 Å². The van der Waals surface area contributed by atoms with E-state index in [2.05, 4.69) is 5.32 Å². The number of aliphatic hydroxyl groups excluding tert-OH is 3. The molecule has 0 amide bonds. The third kappa shape index (κ3) is 8.40. The number of benzene rings is 1. The number of carboxylic acids is 1. The quantitative estimate of drug-likeness (QED) is 0.247. The first-order chi connectivity index (χ1) is 15.9. The van der Waals surface area contributed by atoms with Crippen LogP contribution in [0.5, 0.6) is 5.75 Å². The van der Waals surface area contributed by atoms with Crippen molar-refractivity contribution in [2.75, 3.05) is 5.32 Å². The number of carbonyl (C=O) groups is 1. The molecule has 1 aromatic carbocycles. The van der Waals surface area contributed by atoms with Crippen molar-refractivity contribution in [1.29, 1.82) is 0 Å². The number of aliphatic carboxylic acids is 1. The first-order valence-corrected chi connectivity index (χ1v) is 12.6. The van der Waals surface area contributed by atoms with E-state index in [-0.39, 0.29) is 12.4 Å². The number of aliphatic hydroxyl groups is 3. The number of ether oxygens (including phenoxy) is 2. The Morgan fingerprint density at radius 1 is 1.11 bits per heavy atom. The first-order valence-electron chi connectivity index (χ1n) is 11.1. The van der Waals surface area contributed by atoms with Crippen molar-refractivity contribution >= 4 is 19.5 Å². The Bertz CT molecular complexity index is 932. The van der Waals surface area contributed by atoms with E-state index in [1.165, 1.54) is 12.1 Å². The number of phosphoric ester groups is 1. The van der Waals surface area contributed by atoms with E-state index in [4.69, 9.17) is 18.5 Å². The number of nitrogens with one attached hydrogen (secondary N) is 1. The minimum absolute atomic E-state index is 0.135. The highest BCUT2D eigenvalue weighted by Crippen LogP contribution is 2.49. The van der Waals surface area contributed by atoms with Crippen molar-refractivity contribution in [3.05, 3.63) is 23.8 Å². The maximum Gasteiger partial charge on any atom is 0.473 e. The summed E-state index contributed by atoms with van der Waals surface area (Å²) in [6.07, 6.45) is -8.30. The van der Waals surface area contributed by atoms with Gasteiger partial charge in [-0.05, 0) is 58.7 Å². The molecule has 1 aromatic rings. The number of rotatable bonds is 10. The topological polar surface area (TPSA) is 184 Å². The summed E-state index contributed by atoms with van der Waals surface area (Å²) in [6, 6.07) is 4.58. The van der Waals surface area contributed by atoms with E-state index < -0.39 is 55.6 Å². The Labute approximate surface area is 204 Å². The predicted octanol–water partition coefficient (Wildman–Crippen LogP) is 1.99. The van der Waals surface area contributed by atoms with Gasteiger partial charge in [-0.25, -0.2) is 9.36 Å². The van der Waals surface area contributed by atoms with Crippen LogP contribution in [0.3, 0.4) is 0 Å². The van der Waals surface area contributed by atoms with Crippen LogP contribution in [0.25, 0.3) is 0 Å². The maximum atomic E-state index is 12.3. The van der Waals surface area contributed by atoms with Crippen molar-refractivity contribution in [2.45, 2.75) is 96.4 Å². The Balaban J connectivity index is 2.26. The molecule has 0 bridgehead atoms. The smallest absolute Gasteiger partial charge is 0.473 e. The zero-order chi connectivity index (χ0) is 26.8. The second kappa shape index (κ2) is 11.1. The number of phosphoric acid groups is 1. The second-order valence-electron chi connectivity index (χ2n) is 10.0. The molecule has 200 valence electrons. The second-order valence-corrected chi connectivity index (χ2v) is 11.4. The molecule has 6 N–H and O–H groups in total. The summed E-state index contributed by atoms with van der Waals surface area (Å²) in [5.41, 5.74) is -0.457. The van der Waals surface area contributed by atoms with Crippen molar-refractivity contribution < 1.29 is 53.2 Å². The lowest BCUT2D eigenvalue weighted by Crippen LogP contribution is -2.61. The van der Waals surface area contributed by atoms with Gasteiger partial charge in [0.2, 0.25) is 6.29 Å². The fourth-order valence-corrected chi connectivity index (χ4v) is 4.22. The molecular formula is C22H36NO11P. The molecule has 6 atom stereocenters. The SMILES string of the molecule is CCC(C)(C)OP(=O)(O)OCc1ccc(OC2OC(C(=O)O)C(O)C(O)C2O)c(NC(C)(C)C)c1. The van der Waals surface area contributed by atoms with Crippen LogP contribution < -0.4 is 10.1 Å². The zero-order valence-corrected chi connectivity index (χ0v) is 21.6. The van der Waals surface area contributed by atoms with Crippen molar-refractivity contribution in [1.82, 2.24) is 0 Å². The van der Waals surface area contributed by atoms with Gasteiger partial charge in [0.05, 0.1) is 17.9 Å². The van der Waals surface area contributed by atoms with Crippen molar-refractivity contribution in [2.24, 2.45) is 0 Å². The van der Waals surface area contributed by atoms with Crippen LogP contribution in [-0.2, 0) is 29.8 Å². The van der Waals surface area contributed by atoms with Gasteiger partial charge in [-0.3, -0.25) is 9.05 Å². The van der Waals surface area contributed by atoms with Gasteiger partial charge in [0, 0.05) is 5.54 Å². The van der Waals surface area contributed by atoms with Crippen LogP contribution in [0.15, 0.2) is 18.2 Å². The third-order valence-corrected chi connectivity index (χ3v) is 6.40. The highest BCUT2D eigenvalue weighted by atomic mass is 31.2. The Morgan fingerprint density at radius 3 is 2.29 bits per heavy atom. The average molecular weight is 522 g/mol. The molecule has 0 spiro atoms. The maximum absolute atomic E-state index is 12.3. The van der Waals surface area contributed by atoms with Crippen LogP contribution >= 0.6 is 7.82 Å². The summed E-state index contributed by atoms with van der Waals surface area (Å²) in [5.74, 6) is -1.39. The molecule has 13 heteroatoms. The molecule has 0 saturated carbocycles. The zero-order valence-electron chi connectivity index (χ0n) is 20.7. The largest absolute Gasteiger partial charge is 0.479 e. The van der Waals surface area contributed by atoms with Gasteiger partial charge in [0.15, 0.2) is 6.10 Å². The molecule has 35 heavy (non-hydrogen) atoms. The fourth-order valence-electron chi connectivity index (χ4n) is 3.11. The lowest BCUT2D eigenvalue weighted by Gasteiger charge is -2.38. The lowest BCUT2D eigenvalue weighted by atomic mass is 9.99. The molecule has 1 heterocycles. The molecule has 0 aliphatic carbocycles. The number of anilines is 1. The van der Waals surface area contributed by atoms with E-state index in [1.54, 1.807) is 19.9 Å². The number of carboxylic acid groups (broad SMARTS) is 1. The van der Waals surface area contributed by atoms with Crippen LogP contribution in [0.2, 0.25) is 0 Å². The molecule has 1 saturated heterocycles. The molecular weight excluding hydrogens is 485 g/mol. The van der Waals surface area contributed by atoms with Gasteiger partial charge in [0.1, 0.15) is 24.1 Å². The summed E-state index contributed by atoms with van der Waals surface area (Å²) in [5, 5.41) is 42.6. The predicted molar refractivity (Wildman–Crippen MR) is 125 cm³/mol. The van der Waals surface area contributed by atoms with E-state index in [0.717, 1.165) is 0 Å². The van der Waals surface area contributed by atoms with E-state index >= 15 is 0 Å². The van der Waals surface area contributed by atoms with Crippen LogP contribution in [-0.4, -0.2) is 73.1 Å². The molecule has 1 fully saturated rings. The van der Waals surface area contributed by atoms with Gasteiger partial charge >= 0.3 is 13.8 Å². The van der Waals surface area contributed by atoms with Gasteiger partial charge in [-0.2, -0.15) is 0 Å². The molecule has 6 unspecified atom stereocenters. The average Bonchev–Trinajstić information content (AvgIpc) is 2.72. The van der Waals surface area contributed by atoms with Crippen molar-refractivity contribution in [3.8, 4) is 5.75 Å². The molecule has 0 aromatic heterocycles. The van der Waals surface area contributed by atoms with Gasteiger partial charge < -0.3 is 40.1 Å². The highest BCUT2D eigenvalue weighted by Gasteiger charge is 2.48. The molecule has 1 aliphatic heterocycles. The van der Waals surface area contributed by atoms with Crippen LogP contribution in [0.1, 0.15) is 53.5 Å². The first kappa shape index (κ1) is 29.5. The normalized spacial score (nSPS) is 27.2. The van der Waals surface area contributed by atoms with Crippen molar-refractivity contribution in [3.63, 3.8) is 0 Å². The van der Waals surface area contributed by atoms with E-state index in [0.29, 0.717) is 17.7 Å². The summed E-state index contributed by atoms with van der Waals surface area (Å²) in [4.78, 5) is 21.4. The summed E-state index contributed by atoms with van der Waals surface area (Å²) < 4.78 is 33.5.